The van der Waals surface area contributed by atoms with Gasteiger partial charge in [-0.15, -0.1) is 0 Å². The second kappa shape index (κ2) is 8.18. The van der Waals surface area contributed by atoms with Gasteiger partial charge in [0, 0.05) is 21.9 Å². The van der Waals surface area contributed by atoms with Crippen LogP contribution in [0, 0.1) is 5.92 Å². The van der Waals surface area contributed by atoms with E-state index in [4.69, 9.17) is 11.6 Å². The molecule has 0 saturated heterocycles. The number of nitrogens with one attached hydrogen (secondary N) is 1. The number of rotatable bonds is 6. The molecular formula is C13H16Br2ClNO. The van der Waals surface area contributed by atoms with Gasteiger partial charge in [0.2, 0.25) is 0 Å². The van der Waals surface area contributed by atoms with Gasteiger partial charge in [0.1, 0.15) is 0 Å². The van der Waals surface area contributed by atoms with E-state index in [-0.39, 0.29) is 5.91 Å². The van der Waals surface area contributed by atoms with Gasteiger partial charge < -0.3 is 5.32 Å². The van der Waals surface area contributed by atoms with Crippen LogP contribution < -0.4 is 5.32 Å². The minimum Gasteiger partial charge on any atom is -0.352 e. The normalized spacial score (nSPS) is 12.2. The second-order valence-corrected chi connectivity index (χ2v) is 6.20. The first kappa shape index (κ1) is 16.0. The average molecular weight is 398 g/mol. The van der Waals surface area contributed by atoms with Gasteiger partial charge in [-0.2, -0.15) is 0 Å². The summed E-state index contributed by atoms with van der Waals surface area (Å²) in [7, 11) is 0. The summed E-state index contributed by atoms with van der Waals surface area (Å²) in [5.41, 5.74) is 0.594. The van der Waals surface area contributed by atoms with Crippen LogP contribution in [-0.2, 0) is 0 Å². The number of halogens is 3. The molecule has 1 unspecified atom stereocenters. The third-order valence-electron chi connectivity index (χ3n) is 2.60. The maximum absolute atomic E-state index is 11.8. The molecule has 0 bridgehead atoms. The molecule has 1 atom stereocenters. The van der Waals surface area contributed by atoms with Gasteiger partial charge in [0.15, 0.2) is 0 Å². The lowest BCUT2D eigenvalue weighted by Gasteiger charge is -2.08. The SMILES string of the molecule is CC(CBr)CCCNC(=O)c1ccc(Br)c(Cl)c1. The van der Waals surface area contributed by atoms with E-state index < -0.39 is 0 Å². The Morgan fingerprint density at radius 2 is 2.22 bits per heavy atom. The van der Waals surface area contributed by atoms with Gasteiger partial charge >= 0.3 is 0 Å². The smallest absolute Gasteiger partial charge is 0.251 e. The number of alkyl halides is 1. The zero-order valence-electron chi connectivity index (χ0n) is 10.2. The fraction of sp³-hybridized carbons (Fsp3) is 0.462. The Hall–Kier alpha value is -0.0600. The molecule has 0 heterocycles. The van der Waals surface area contributed by atoms with Gasteiger partial charge in [0.25, 0.3) is 5.91 Å². The molecule has 2 nitrogen and oxygen atoms in total. The van der Waals surface area contributed by atoms with Crippen molar-refractivity contribution in [3.05, 3.63) is 33.3 Å². The molecule has 1 amide bonds. The maximum Gasteiger partial charge on any atom is 0.251 e. The van der Waals surface area contributed by atoms with E-state index in [2.05, 4.69) is 44.1 Å². The van der Waals surface area contributed by atoms with Crippen molar-refractivity contribution in [2.24, 2.45) is 5.92 Å². The van der Waals surface area contributed by atoms with Gasteiger partial charge in [-0.25, -0.2) is 0 Å². The first-order valence-electron chi connectivity index (χ1n) is 5.83. The largest absolute Gasteiger partial charge is 0.352 e. The van der Waals surface area contributed by atoms with Crippen LogP contribution in [0.4, 0.5) is 0 Å². The van der Waals surface area contributed by atoms with E-state index in [0.29, 0.717) is 23.0 Å². The fourth-order valence-corrected chi connectivity index (χ4v) is 2.22. The molecule has 1 N–H and O–H groups in total. The maximum atomic E-state index is 11.8. The molecule has 0 radical (unpaired) electrons. The standard InChI is InChI=1S/C13H16Br2ClNO/c1-9(8-14)3-2-6-17-13(18)10-4-5-11(15)12(16)7-10/h4-5,7,9H,2-3,6,8H2,1H3,(H,17,18). The number of benzene rings is 1. The molecule has 0 aliphatic heterocycles. The molecule has 0 saturated carbocycles. The summed E-state index contributed by atoms with van der Waals surface area (Å²) >= 11 is 12.7. The first-order chi connectivity index (χ1) is 8.54. The van der Waals surface area contributed by atoms with Gasteiger partial charge in [-0.3, -0.25) is 4.79 Å². The Labute approximate surface area is 130 Å². The average Bonchev–Trinajstić information content (AvgIpc) is 2.37. The van der Waals surface area contributed by atoms with Crippen molar-refractivity contribution in [3.8, 4) is 0 Å². The second-order valence-electron chi connectivity index (χ2n) is 4.29. The summed E-state index contributed by atoms with van der Waals surface area (Å²) in [6, 6.07) is 5.21. The Balaban J connectivity index is 2.39. The summed E-state index contributed by atoms with van der Waals surface area (Å²) in [4.78, 5) is 11.8. The highest BCUT2D eigenvalue weighted by Crippen LogP contribution is 2.23. The van der Waals surface area contributed by atoms with Gasteiger partial charge in [0.05, 0.1) is 5.02 Å². The van der Waals surface area contributed by atoms with Crippen LogP contribution in [0.15, 0.2) is 22.7 Å². The van der Waals surface area contributed by atoms with Crippen LogP contribution in [0.25, 0.3) is 0 Å². The molecule has 0 aliphatic carbocycles. The van der Waals surface area contributed by atoms with Crippen molar-refractivity contribution in [2.75, 3.05) is 11.9 Å². The Bertz CT molecular complexity index is 412. The van der Waals surface area contributed by atoms with E-state index in [1.165, 1.54) is 0 Å². The predicted molar refractivity (Wildman–Crippen MR) is 83.7 cm³/mol. The van der Waals surface area contributed by atoms with Crippen molar-refractivity contribution in [1.82, 2.24) is 5.32 Å². The minimum absolute atomic E-state index is 0.0732. The molecule has 1 aromatic rings. The third kappa shape index (κ3) is 5.29. The summed E-state index contributed by atoms with van der Waals surface area (Å²) in [6.07, 6.45) is 2.09. The zero-order valence-corrected chi connectivity index (χ0v) is 14.1. The van der Waals surface area contributed by atoms with E-state index in [9.17, 15) is 4.79 Å². The predicted octanol–water partition coefficient (Wildman–Crippen LogP) is 4.64. The molecule has 0 aromatic heterocycles. The zero-order chi connectivity index (χ0) is 13.5. The number of amides is 1. The fourth-order valence-electron chi connectivity index (χ4n) is 1.47. The summed E-state index contributed by atoms with van der Waals surface area (Å²) in [6.45, 7) is 2.88. The molecule has 1 rings (SSSR count). The lowest BCUT2D eigenvalue weighted by molar-refractivity contribution is 0.0952. The van der Waals surface area contributed by atoms with Crippen LogP contribution in [-0.4, -0.2) is 17.8 Å². The molecule has 100 valence electrons. The van der Waals surface area contributed by atoms with Crippen molar-refractivity contribution >= 4 is 49.4 Å². The monoisotopic (exact) mass is 395 g/mol. The van der Waals surface area contributed by atoms with Crippen LogP contribution in [0.2, 0.25) is 5.02 Å². The molecule has 0 spiro atoms. The van der Waals surface area contributed by atoms with E-state index in [1.54, 1.807) is 18.2 Å². The molecule has 0 aliphatic rings. The highest BCUT2D eigenvalue weighted by atomic mass is 79.9. The van der Waals surface area contributed by atoms with Crippen molar-refractivity contribution < 1.29 is 4.79 Å². The lowest BCUT2D eigenvalue weighted by atomic mass is 10.1. The Kier molecular flexibility index (Phi) is 7.27. The van der Waals surface area contributed by atoms with Crippen LogP contribution >= 0.6 is 43.5 Å². The molecule has 5 heteroatoms. The van der Waals surface area contributed by atoms with Gasteiger partial charge in [-0.1, -0.05) is 34.5 Å². The molecule has 1 aromatic carbocycles. The summed E-state index contributed by atoms with van der Waals surface area (Å²) in [5, 5.41) is 4.45. The van der Waals surface area contributed by atoms with Crippen molar-refractivity contribution in [3.63, 3.8) is 0 Å². The Morgan fingerprint density at radius 1 is 1.50 bits per heavy atom. The third-order valence-corrected chi connectivity index (χ3v) is 4.94. The number of hydrogen-bond donors (Lipinski definition) is 1. The first-order valence-corrected chi connectivity index (χ1v) is 8.13. The van der Waals surface area contributed by atoms with Crippen LogP contribution in [0.5, 0.6) is 0 Å². The van der Waals surface area contributed by atoms with E-state index in [1.807, 2.05) is 0 Å². The minimum atomic E-state index is -0.0732. The Morgan fingerprint density at radius 3 is 2.83 bits per heavy atom. The number of carbonyl (C=O) groups excluding carboxylic acids is 1. The van der Waals surface area contributed by atoms with Crippen molar-refractivity contribution in [2.45, 2.75) is 19.8 Å². The highest BCUT2D eigenvalue weighted by molar-refractivity contribution is 9.10. The number of carbonyl (C=O) groups is 1. The van der Waals surface area contributed by atoms with Crippen molar-refractivity contribution in [1.29, 1.82) is 0 Å². The van der Waals surface area contributed by atoms with Crippen LogP contribution in [0.3, 0.4) is 0 Å². The highest BCUT2D eigenvalue weighted by Gasteiger charge is 2.07. The molecule has 18 heavy (non-hydrogen) atoms. The number of hydrogen-bond acceptors (Lipinski definition) is 1. The lowest BCUT2D eigenvalue weighted by Crippen LogP contribution is -2.24. The van der Waals surface area contributed by atoms with E-state index >= 15 is 0 Å². The van der Waals surface area contributed by atoms with E-state index in [0.717, 1.165) is 22.6 Å². The topological polar surface area (TPSA) is 29.1 Å². The summed E-state index contributed by atoms with van der Waals surface area (Å²) < 4.78 is 0.798. The van der Waals surface area contributed by atoms with Crippen LogP contribution in [0.1, 0.15) is 30.1 Å². The molecule has 0 fully saturated rings. The molecular weight excluding hydrogens is 381 g/mol. The summed E-state index contributed by atoms with van der Waals surface area (Å²) in [5.74, 6) is 0.569. The van der Waals surface area contributed by atoms with Gasteiger partial charge in [-0.05, 0) is 52.9 Å². The quantitative estimate of drug-likeness (QED) is 0.550.